The Kier molecular flexibility index (Phi) is 7.81. The molecule has 7 nitrogen and oxygen atoms in total. The highest BCUT2D eigenvalue weighted by atomic mass is 19.1. The lowest BCUT2D eigenvalue weighted by atomic mass is 9.91. The van der Waals surface area contributed by atoms with E-state index in [0.717, 1.165) is 29.3 Å². The van der Waals surface area contributed by atoms with Crippen molar-refractivity contribution in [1.29, 1.82) is 0 Å². The van der Waals surface area contributed by atoms with Crippen molar-refractivity contribution in [2.45, 2.75) is 51.1 Å². The number of aliphatic carboxylic acids is 1. The molecular formula is C30H32F2N2O5. The number of alkyl halides is 1. The molecule has 3 heterocycles. The van der Waals surface area contributed by atoms with Gasteiger partial charge in [-0.15, -0.1) is 0 Å². The number of benzene rings is 2. The van der Waals surface area contributed by atoms with Crippen molar-refractivity contribution in [1.82, 2.24) is 9.88 Å². The predicted octanol–water partition coefficient (Wildman–Crippen LogP) is 5.26. The van der Waals surface area contributed by atoms with Crippen LogP contribution in [0.3, 0.4) is 0 Å². The quantitative estimate of drug-likeness (QED) is 0.404. The van der Waals surface area contributed by atoms with Gasteiger partial charge in [0.25, 0.3) is 0 Å². The van der Waals surface area contributed by atoms with Crippen LogP contribution in [-0.2, 0) is 17.8 Å². The maximum absolute atomic E-state index is 14.9. The number of hydrogen-bond acceptors (Lipinski definition) is 6. The molecule has 0 spiro atoms. The molecule has 9 heteroatoms. The van der Waals surface area contributed by atoms with Crippen LogP contribution < -0.4 is 9.47 Å². The molecule has 0 amide bonds. The smallest absolute Gasteiger partial charge is 0.309 e. The number of likely N-dealkylation sites (tertiary alicyclic amines) is 1. The van der Waals surface area contributed by atoms with Crippen LogP contribution in [0.1, 0.15) is 54.2 Å². The lowest BCUT2D eigenvalue weighted by molar-refractivity contribution is -0.145. The number of halogens is 2. The van der Waals surface area contributed by atoms with Crippen LogP contribution in [-0.4, -0.2) is 52.4 Å². The van der Waals surface area contributed by atoms with Gasteiger partial charge >= 0.3 is 5.97 Å². The Morgan fingerprint density at radius 2 is 2.03 bits per heavy atom. The van der Waals surface area contributed by atoms with Crippen LogP contribution in [0.15, 0.2) is 48.7 Å². The van der Waals surface area contributed by atoms with Gasteiger partial charge in [0, 0.05) is 31.3 Å². The monoisotopic (exact) mass is 538 g/mol. The number of hydrogen-bond donors (Lipinski definition) is 2. The molecule has 0 aliphatic carbocycles. The summed E-state index contributed by atoms with van der Waals surface area (Å²) in [6.45, 7) is 2.88. The average molecular weight is 539 g/mol. The molecule has 0 bridgehead atoms. The van der Waals surface area contributed by atoms with E-state index in [1.54, 1.807) is 18.2 Å². The number of aliphatic hydroxyl groups is 1. The van der Waals surface area contributed by atoms with Gasteiger partial charge in [-0.25, -0.2) is 13.8 Å². The third-order valence-electron chi connectivity index (χ3n) is 7.68. The van der Waals surface area contributed by atoms with Crippen molar-refractivity contribution in [3.05, 3.63) is 76.7 Å². The third-order valence-corrected chi connectivity index (χ3v) is 7.68. The van der Waals surface area contributed by atoms with E-state index in [9.17, 15) is 23.8 Å². The summed E-state index contributed by atoms with van der Waals surface area (Å²) < 4.78 is 40.4. The normalized spacial score (nSPS) is 20.6. The molecule has 3 aromatic rings. The molecular weight excluding hydrogens is 506 g/mol. The van der Waals surface area contributed by atoms with E-state index >= 15 is 0 Å². The van der Waals surface area contributed by atoms with Crippen LogP contribution >= 0.6 is 0 Å². The van der Waals surface area contributed by atoms with E-state index in [2.05, 4.69) is 4.98 Å². The van der Waals surface area contributed by atoms with Gasteiger partial charge in [0.2, 0.25) is 5.88 Å². The summed E-state index contributed by atoms with van der Waals surface area (Å²) >= 11 is 0. The van der Waals surface area contributed by atoms with Gasteiger partial charge in [-0.2, -0.15) is 0 Å². The Labute approximate surface area is 226 Å². The molecule has 4 atom stereocenters. The summed E-state index contributed by atoms with van der Waals surface area (Å²) in [5, 5.41) is 19.8. The van der Waals surface area contributed by atoms with Crippen LogP contribution in [0, 0.1) is 11.7 Å². The summed E-state index contributed by atoms with van der Waals surface area (Å²) in [7, 11) is 1.48. The molecule has 2 aromatic carbocycles. The number of ether oxygens (including phenoxy) is 2. The maximum atomic E-state index is 14.9. The molecule has 2 N–H and O–H groups in total. The van der Waals surface area contributed by atoms with E-state index in [4.69, 9.17) is 9.47 Å². The van der Waals surface area contributed by atoms with Crippen LogP contribution in [0.5, 0.6) is 11.6 Å². The highest BCUT2D eigenvalue weighted by molar-refractivity contribution is 5.71. The van der Waals surface area contributed by atoms with E-state index in [-0.39, 0.29) is 6.10 Å². The van der Waals surface area contributed by atoms with Gasteiger partial charge < -0.3 is 19.7 Å². The zero-order valence-electron chi connectivity index (χ0n) is 21.9. The Balaban J connectivity index is 1.46. The minimum absolute atomic E-state index is 0.293. The molecule has 2 aliphatic heterocycles. The van der Waals surface area contributed by atoms with Crippen LogP contribution in [0.25, 0.3) is 11.1 Å². The fourth-order valence-electron chi connectivity index (χ4n) is 5.34. The number of carboxylic acid groups (broad SMARTS) is 1. The second kappa shape index (κ2) is 11.3. The Morgan fingerprint density at radius 3 is 2.74 bits per heavy atom. The van der Waals surface area contributed by atoms with Gasteiger partial charge in [0.1, 0.15) is 23.8 Å². The lowest BCUT2D eigenvalue weighted by Gasteiger charge is -2.29. The standard InChI is InChI=1S/C30H32F2N2O5/c1-17(30(36)37)29(35)20-4-3-18-6-8-26(39-27(18)12-20)19-5-7-23(24-13-28(38-2)33-14-25(24)32)21(11-19)15-34-10-9-22(31)16-34/h3-5,7,11-14,17,22,26,29,35H,6,8-10,15-16H2,1-2H3,(H,36,37)/t17-,22-,26?,29+/m0/s1. The molecule has 1 unspecified atom stereocenters. The Bertz CT molecular complexity index is 1370. The largest absolute Gasteiger partial charge is 0.485 e. The first kappa shape index (κ1) is 27.0. The Hall–Kier alpha value is -3.56. The van der Waals surface area contributed by atoms with Crippen molar-refractivity contribution in [3.8, 4) is 22.8 Å². The number of carbonyl (C=O) groups is 1. The number of methoxy groups -OCH3 is 1. The van der Waals surface area contributed by atoms with E-state index in [0.29, 0.717) is 60.8 Å². The number of aliphatic hydroxyl groups excluding tert-OH is 1. The molecule has 39 heavy (non-hydrogen) atoms. The minimum atomic E-state index is -1.16. The molecule has 2 aliphatic rings. The summed E-state index contributed by atoms with van der Waals surface area (Å²) in [6, 6.07) is 12.7. The van der Waals surface area contributed by atoms with Crippen molar-refractivity contribution in [2.24, 2.45) is 5.92 Å². The van der Waals surface area contributed by atoms with E-state index < -0.39 is 30.0 Å². The molecule has 1 aromatic heterocycles. The second-order valence-electron chi connectivity index (χ2n) is 10.3. The summed E-state index contributed by atoms with van der Waals surface area (Å²) in [5.74, 6) is -1.60. The molecule has 5 rings (SSSR count). The average Bonchev–Trinajstić information content (AvgIpc) is 3.36. The number of rotatable bonds is 8. The topological polar surface area (TPSA) is 92.1 Å². The van der Waals surface area contributed by atoms with Crippen LogP contribution in [0.4, 0.5) is 8.78 Å². The first-order valence-corrected chi connectivity index (χ1v) is 13.1. The first-order valence-electron chi connectivity index (χ1n) is 13.1. The number of pyridine rings is 1. The Morgan fingerprint density at radius 1 is 1.21 bits per heavy atom. The number of aryl methyl sites for hydroxylation is 1. The number of fused-ring (bicyclic) bond motifs is 1. The first-order chi connectivity index (χ1) is 18.7. The molecule has 1 fully saturated rings. The molecule has 0 radical (unpaired) electrons. The molecule has 206 valence electrons. The van der Waals surface area contributed by atoms with Gasteiger partial charge in [-0.3, -0.25) is 9.69 Å². The summed E-state index contributed by atoms with van der Waals surface area (Å²) in [4.78, 5) is 17.3. The summed E-state index contributed by atoms with van der Waals surface area (Å²) in [5.41, 5.74) is 4.27. The third kappa shape index (κ3) is 5.74. The highest BCUT2D eigenvalue weighted by Gasteiger charge is 2.28. The summed E-state index contributed by atoms with van der Waals surface area (Å²) in [6.07, 6.45) is 0.747. The second-order valence-corrected chi connectivity index (χ2v) is 10.3. The van der Waals surface area contributed by atoms with Gasteiger partial charge in [0.15, 0.2) is 0 Å². The van der Waals surface area contributed by atoms with Crippen molar-refractivity contribution in [3.63, 3.8) is 0 Å². The maximum Gasteiger partial charge on any atom is 0.309 e. The predicted molar refractivity (Wildman–Crippen MR) is 141 cm³/mol. The highest BCUT2D eigenvalue weighted by Crippen LogP contribution is 2.39. The zero-order valence-corrected chi connectivity index (χ0v) is 21.9. The minimum Gasteiger partial charge on any atom is -0.485 e. The lowest BCUT2D eigenvalue weighted by Crippen LogP contribution is -2.22. The van der Waals surface area contributed by atoms with Crippen molar-refractivity contribution >= 4 is 5.97 Å². The van der Waals surface area contributed by atoms with E-state index in [1.807, 2.05) is 29.2 Å². The van der Waals surface area contributed by atoms with Crippen LogP contribution in [0.2, 0.25) is 0 Å². The van der Waals surface area contributed by atoms with Gasteiger partial charge in [-0.05, 0) is 60.1 Å². The van der Waals surface area contributed by atoms with Gasteiger partial charge in [0.05, 0.1) is 25.3 Å². The van der Waals surface area contributed by atoms with E-state index in [1.165, 1.54) is 14.0 Å². The molecule has 0 saturated carbocycles. The fourth-order valence-corrected chi connectivity index (χ4v) is 5.34. The number of aromatic nitrogens is 1. The van der Waals surface area contributed by atoms with Crippen molar-refractivity contribution < 1.29 is 33.3 Å². The number of carboxylic acids is 1. The number of nitrogens with zero attached hydrogens (tertiary/aromatic N) is 2. The zero-order chi connectivity index (χ0) is 27.7. The molecule has 1 saturated heterocycles. The van der Waals surface area contributed by atoms with Crippen molar-refractivity contribution in [2.75, 3.05) is 20.2 Å². The fraction of sp³-hybridized carbons (Fsp3) is 0.400. The van der Waals surface area contributed by atoms with Gasteiger partial charge in [-0.1, -0.05) is 30.3 Å². The SMILES string of the molecule is COc1cc(-c2ccc(C3CCc4ccc([C@H](O)[C@H](C)C(=O)O)cc4O3)cc2CN2CC[C@H](F)C2)c(F)cn1.